The van der Waals surface area contributed by atoms with E-state index in [0.717, 1.165) is 5.56 Å². The molecule has 0 aliphatic carbocycles. The van der Waals surface area contributed by atoms with Gasteiger partial charge in [-0.1, -0.05) is 41.9 Å². The zero-order valence-electron chi connectivity index (χ0n) is 14.1. The van der Waals surface area contributed by atoms with Crippen molar-refractivity contribution in [3.05, 3.63) is 106 Å². The van der Waals surface area contributed by atoms with Crippen molar-refractivity contribution < 1.29 is 18.7 Å². The first kappa shape index (κ1) is 18.5. The lowest BCUT2D eigenvalue weighted by Crippen LogP contribution is -2.10. The van der Waals surface area contributed by atoms with Gasteiger partial charge in [-0.25, -0.2) is 9.18 Å². The van der Waals surface area contributed by atoms with Crippen LogP contribution in [0.25, 0.3) is 6.08 Å². The van der Waals surface area contributed by atoms with Crippen LogP contribution in [0, 0.1) is 5.82 Å². The lowest BCUT2D eigenvalue weighted by molar-refractivity contribution is 0.0730. The highest BCUT2D eigenvalue weighted by Gasteiger charge is 2.13. The van der Waals surface area contributed by atoms with Gasteiger partial charge in [-0.15, -0.1) is 0 Å². The van der Waals surface area contributed by atoms with E-state index in [1.165, 1.54) is 48.5 Å². The number of carbonyl (C=O) groups excluding carboxylic acids is 2. The minimum absolute atomic E-state index is 0.151. The van der Waals surface area contributed by atoms with Gasteiger partial charge in [0.25, 0.3) is 0 Å². The van der Waals surface area contributed by atoms with Gasteiger partial charge in [-0.2, -0.15) is 0 Å². The number of ketones is 1. The summed E-state index contributed by atoms with van der Waals surface area (Å²) in [5, 5.41) is 0.589. The van der Waals surface area contributed by atoms with Crippen molar-refractivity contribution in [2.24, 2.45) is 0 Å². The van der Waals surface area contributed by atoms with Gasteiger partial charge in [-0.3, -0.25) is 4.79 Å². The molecular weight excluding hydrogens is 367 g/mol. The maximum Gasteiger partial charge on any atom is 0.346 e. The molecule has 27 heavy (non-hydrogen) atoms. The van der Waals surface area contributed by atoms with Crippen LogP contribution in [0.3, 0.4) is 0 Å². The summed E-state index contributed by atoms with van der Waals surface area (Å²) in [5.74, 6) is -1.44. The Morgan fingerprint density at radius 3 is 2.37 bits per heavy atom. The van der Waals surface area contributed by atoms with Crippen LogP contribution in [-0.2, 0) is 0 Å². The fourth-order valence-corrected chi connectivity index (χ4v) is 2.55. The molecule has 0 aromatic heterocycles. The van der Waals surface area contributed by atoms with Gasteiger partial charge in [0.1, 0.15) is 11.6 Å². The molecule has 3 aromatic rings. The van der Waals surface area contributed by atoms with E-state index in [4.69, 9.17) is 16.3 Å². The Kier molecular flexibility index (Phi) is 5.79. The van der Waals surface area contributed by atoms with Crippen molar-refractivity contribution in [2.45, 2.75) is 0 Å². The van der Waals surface area contributed by atoms with Crippen molar-refractivity contribution in [3.8, 4) is 5.75 Å². The number of hydrogen-bond acceptors (Lipinski definition) is 3. The standard InChI is InChI=1S/C22H14ClFO3/c23-17-5-3-4-15(14-17)8-13-21(25)16-9-11-18(12-10-16)27-22(26)19-6-1-2-7-20(19)24/h1-14H. The molecule has 3 aromatic carbocycles. The van der Waals surface area contributed by atoms with Crippen molar-refractivity contribution >= 4 is 29.4 Å². The minimum Gasteiger partial charge on any atom is -0.423 e. The highest BCUT2D eigenvalue weighted by molar-refractivity contribution is 6.30. The third kappa shape index (κ3) is 4.90. The number of rotatable bonds is 5. The molecule has 0 spiro atoms. The zero-order valence-corrected chi connectivity index (χ0v) is 14.8. The number of carbonyl (C=O) groups is 2. The first-order valence-electron chi connectivity index (χ1n) is 8.08. The van der Waals surface area contributed by atoms with Crippen LogP contribution in [0.1, 0.15) is 26.3 Å². The summed E-state index contributed by atoms with van der Waals surface area (Å²) < 4.78 is 18.7. The van der Waals surface area contributed by atoms with E-state index in [1.54, 1.807) is 30.3 Å². The fourth-order valence-electron chi connectivity index (χ4n) is 2.35. The monoisotopic (exact) mass is 380 g/mol. The highest BCUT2D eigenvalue weighted by Crippen LogP contribution is 2.17. The average Bonchev–Trinajstić information content (AvgIpc) is 2.67. The van der Waals surface area contributed by atoms with Crippen LogP contribution in [0.2, 0.25) is 5.02 Å². The van der Waals surface area contributed by atoms with Crippen molar-refractivity contribution in [1.82, 2.24) is 0 Å². The van der Waals surface area contributed by atoms with E-state index < -0.39 is 11.8 Å². The molecule has 0 heterocycles. The Labute approximate surface area is 160 Å². The molecule has 0 aliphatic rings. The molecule has 0 aliphatic heterocycles. The molecule has 0 bridgehead atoms. The maximum atomic E-state index is 13.6. The van der Waals surface area contributed by atoms with Crippen LogP contribution in [-0.4, -0.2) is 11.8 Å². The second-order valence-corrected chi connectivity index (χ2v) is 6.08. The molecule has 3 nitrogen and oxygen atoms in total. The van der Waals surface area contributed by atoms with E-state index in [0.29, 0.717) is 10.6 Å². The largest absolute Gasteiger partial charge is 0.423 e. The van der Waals surface area contributed by atoms with E-state index in [2.05, 4.69) is 0 Å². The maximum absolute atomic E-state index is 13.6. The van der Waals surface area contributed by atoms with Crippen LogP contribution in [0.4, 0.5) is 4.39 Å². The molecule has 0 amide bonds. The smallest absolute Gasteiger partial charge is 0.346 e. The molecule has 5 heteroatoms. The summed E-state index contributed by atoms with van der Waals surface area (Å²) >= 11 is 5.91. The Balaban J connectivity index is 1.67. The van der Waals surface area contributed by atoms with Crippen molar-refractivity contribution in [2.75, 3.05) is 0 Å². The van der Waals surface area contributed by atoms with Gasteiger partial charge in [0, 0.05) is 10.6 Å². The lowest BCUT2D eigenvalue weighted by atomic mass is 10.1. The number of halogens is 2. The quantitative estimate of drug-likeness (QED) is 0.250. The fraction of sp³-hybridized carbons (Fsp3) is 0. The van der Waals surface area contributed by atoms with Gasteiger partial charge >= 0.3 is 5.97 Å². The molecule has 0 radical (unpaired) electrons. The molecule has 0 unspecified atom stereocenters. The van der Waals surface area contributed by atoms with E-state index in [-0.39, 0.29) is 17.1 Å². The molecule has 0 saturated heterocycles. The minimum atomic E-state index is -0.798. The summed E-state index contributed by atoms with van der Waals surface area (Å²) in [5.41, 5.74) is 1.09. The number of allylic oxidation sites excluding steroid dienone is 1. The summed E-state index contributed by atoms with van der Waals surface area (Å²) in [4.78, 5) is 24.2. The Bertz CT molecular complexity index is 1010. The van der Waals surface area contributed by atoms with Gasteiger partial charge in [0.15, 0.2) is 5.78 Å². The van der Waals surface area contributed by atoms with E-state index in [9.17, 15) is 14.0 Å². The normalized spacial score (nSPS) is 10.7. The topological polar surface area (TPSA) is 43.4 Å². The van der Waals surface area contributed by atoms with Gasteiger partial charge in [-0.05, 0) is 60.2 Å². The third-order valence-corrected chi connectivity index (χ3v) is 3.95. The predicted octanol–water partition coefficient (Wildman–Crippen LogP) is 5.59. The van der Waals surface area contributed by atoms with Crippen molar-refractivity contribution in [1.29, 1.82) is 0 Å². The summed E-state index contributed by atoms with van der Waals surface area (Å²) in [6.45, 7) is 0. The van der Waals surface area contributed by atoms with Crippen LogP contribution < -0.4 is 4.74 Å². The highest BCUT2D eigenvalue weighted by atomic mass is 35.5. The molecule has 0 N–H and O–H groups in total. The van der Waals surface area contributed by atoms with Crippen LogP contribution in [0.15, 0.2) is 78.9 Å². The van der Waals surface area contributed by atoms with E-state index >= 15 is 0 Å². The van der Waals surface area contributed by atoms with Crippen molar-refractivity contribution in [3.63, 3.8) is 0 Å². The number of esters is 1. The third-order valence-electron chi connectivity index (χ3n) is 3.72. The SMILES string of the molecule is O=C(C=Cc1cccc(Cl)c1)c1ccc(OC(=O)c2ccccc2F)cc1. The predicted molar refractivity (Wildman–Crippen MR) is 103 cm³/mol. The molecule has 0 saturated carbocycles. The summed E-state index contributed by atoms with van der Waals surface area (Å²) in [7, 11) is 0. The summed E-state index contributed by atoms with van der Waals surface area (Å²) in [6, 6.07) is 18.7. The Morgan fingerprint density at radius 1 is 0.926 bits per heavy atom. The van der Waals surface area contributed by atoms with E-state index in [1.807, 2.05) is 6.07 Å². The van der Waals surface area contributed by atoms with Gasteiger partial charge in [0.05, 0.1) is 5.56 Å². The second-order valence-electron chi connectivity index (χ2n) is 5.65. The molecule has 0 fully saturated rings. The number of hydrogen-bond donors (Lipinski definition) is 0. The summed E-state index contributed by atoms with van der Waals surface area (Å²) in [6.07, 6.45) is 3.10. The molecular formula is C22H14ClFO3. The van der Waals surface area contributed by atoms with Crippen LogP contribution in [0.5, 0.6) is 5.75 Å². The lowest BCUT2D eigenvalue weighted by Gasteiger charge is -2.05. The Morgan fingerprint density at radius 2 is 1.67 bits per heavy atom. The Hall–Kier alpha value is -3.24. The number of benzene rings is 3. The molecule has 3 rings (SSSR count). The van der Waals surface area contributed by atoms with Gasteiger partial charge < -0.3 is 4.74 Å². The zero-order chi connectivity index (χ0) is 19.2. The van der Waals surface area contributed by atoms with Crippen LogP contribution >= 0.6 is 11.6 Å². The molecule has 134 valence electrons. The first-order chi connectivity index (χ1) is 13.0. The van der Waals surface area contributed by atoms with Gasteiger partial charge in [0.2, 0.25) is 0 Å². The number of ether oxygens (including phenoxy) is 1. The average molecular weight is 381 g/mol. The molecule has 0 atom stereocenters. The second kappa shape index (κ2) is 8.43. The first-order valence-corrected chi connectivity index (χ1v) is 8.45.